The zero-order valence-electron chi connectivity index (χ0n) is 28.4. The quantitative estimate of drug-likeness (QED) is 0.211. The van der Waals surface area contributed by atoms with Crippen molar-refractivity contribution in [3.05, 3.63) is 53.3 Å². The molecular weight excluding hydrogens is 617 g/mol. The Bertz CT molecular complexity index is 2000. The highest BCUT2D eigenvalue weighted by Gasteiger charge is 2.51. The molecule has 254 valence electrons. The molecule has 2 aliphatic carbocycles. The average Bonchev–Trinajstić information content (AvgIpc) is 4.01. The SMILES string of the molecule is C#Cc1c(F)ccc2cc(O)cc(-c3cc4nc(OCC5(CN6CCOC7(CC7)C6)CC5)nc(N5CC6CCC(C5)N6)c4cc3C(C)C)c12. The van der Waals surface area contributed by atoms with E-state index in [2.05, 4.69) is 47.0 Å². The van der Waals surface area contributed by atoms with Crippen LogP contribution in [0.15, 0.2) is 36.4 Å². The van der Waals surface area contributed by atoms with Gasteiger partial charge in [0.15, 0.2) is 0 Å². The van der Waals surface area contributed by atoms with Gasteiger partial charge in [-0.1, -0.05) is 25.8 Å². The summed E-state index contributed by atoms with van der Waals surface area (Å²) < 4.78 is 27.8. The second-order valence-corrected chi connectivity index (χ2v) is 15.7. The van der Waals surface area contributed by atoms with E-state index in [4.69, 9.17) is 25.9 Å². The van der Waals surface area contributed by atoms with Crippen LogP contribution in [0.4, 0.5) is 10.2 Å². The van der Waals surface area contributed by atoms with Crippen LogP contribution in [0.3, 0.4) is 0 Å². The van der Waals surface area contributed by atoms with E-state index in [9.17, 15) is 5.11 Å². The van der Waals surface area contributed by atoms with Gasteiger partial charge in [0.2, 0.25) is 0 Å². The number of rotatable bonds is 8. The van der Waals surface area contributed by atoms with Crippen LogP contribution in [0, 0.1) is 23.6 Å². The first kappa shape index (κ1) is 31.0. The van der Waals surface area contributed by atoms with Gasteiger partial charge in [-0.05, 0) is 96.9 Å². The fourth-order valence-electron chi connectivity index (χ4n) is 8.64. The molecule has 8 nitrogen and oxygen atoms in total. The Morgan fingerprint density at radius 3 is 2.59 bits per heavy atom. The molecule has 1 aromatic heterocycles. The van der Waals surface area contributed by atoms with Crippen LogP contribution in [0.25, 0.3) is 32.8 Å². The van der Waals surface area contributed by atoms with Gasteiger partial charge in [0.05, 0.1) is 29.9 Å². The molecule has 2 saturated carbocycles. The molecule has 2 unspecified atom stereocenters. The fraction of sp³-hybridized carbons (Fsp3) is 0.500. The van der Waals surface area contributed by atoms with Crippen LogP contribution < -0.4 is 15.0 Å². The fourth-order valence-corrected chi connectivity index (χ4v) is 8.64. The molecule has 5 aliphatic rings. The molecule has 5 fully saturated rings. The molecular formula is C40H44FN5O3. The first-order chi connectivity index (χ1) is 23.7. The van der Waals surface area contributed by atoms with Crippen LogP contribution >= 0.6 is 0 Å². The predicted octanol–water partition coefficient (Wildman–Crippen LogP) is 6.36. The van der Waals surface area contributed by atoms with Gasteiger partial charge in [0, 0.05) is 61.0 Å². The summed E-state index contributed by atoms with van der Waals surface area (Å²) in [4.78, 5) is 15.2. The molecule has 2 N–H and O–H groups in total. The molecule has 3 aromatic carbocycles. The topological polar surface area (TPSA) is 83.0 Å². The van der Waals surface area contributed by atoms with Gasteiger partial charge in [0.25, 0.3) is 0 Å². The number of halogens is 1. The summed E-state index contributed by atoms with van der Waals surface area (Å²) >= 11 is 0. The third-order valence-corrected chi connectivity index (χ3v) is 11.6. The highest BCUT2D eigenvalue weighted by molar-refractivity contribution is 6.04. The Morgan fingerprint density at radius 1 is 1.08 bits per heavy atom. The van der Waals surface area contributed by atoms with Crippen molar-refractivity contribution in [1.29, 1.82) is 0 Å². The molecule has 2 bridgehead atoms. The predicted molar refractivity (Wildman–Crippen MR) is 190 cm³/mol. The van der Waals surface area contributed by atoms with Crippen LogP contribution in [0.5, 0.6) is 11.8 Å². The zero-order chi connectivity index (χ0) is 33.5. The Kier molecular flexibility index (Phi) is 7.31. The first-order valence-corrected chi connectivity index (χ1v) is 18.0. The van der Waals surface area contributed by atoms with E-state index in [0.29, 0.717) is 41.0 Å². The molecule has 1 spiro atoms. The van der Waals surface area contributed by atoms with Gasteiger partial charge < -0.3 is 24.8 Å². The highest BCUT2D eigenvalue weighted by atomic mass is 19.1. The van der Waals surface area contributed by atoms with Gasteiger partial charge in [-0.15, -0.1) is 6.42 Å². The van der Waals surface area contributed by atoms with Crippen molar-refractivity contribution < 1.29 is 19.0 Å². The van der Waals surface area contributed by atoms with Crippen molar-refractivity contribution in [3.8, 4) is 35.2 Å². The lowest BCUT2D eigenvalue weighted by atomic mass is 9.87. The van der Waals surface area contributed by atoms with E-state index in [1.165, 1.54) is 31.7 Å². The van der Waals surface area contributed by atoms with Crippen molar-refractivity contribution in [2.75, 3.05) is 50.8 Å². The number of nitrogens with one attached hydrogen (secondary N) is 1. The smallest absolute Gasteiger partial charge is 0.318 e. The molecule has 9 rings (SSSR count). The number of phenols is 1. The maximum absolute atomic E-state index is 15.1. The Hall–Kier alpha value is -3.97. The van der Waals surface area contributed by atoms with Gasteiger partial charge in [-0.25, -0.2) is 4.39 Å². The van der Waals surface area contributed by atoms with Crippen molar-refractivity contribution in [2.24, 2.45) is 5.41 Å². The normalized spacial score (nSPS) is 23.8. The van der Waals surface area contributed by atoms with Crippen LogP contribution in [0.1, 0.15) is 69.4 Å². The molecule has 3 aliphatic heterocycles. The van der Waals surface area contributed by atoms with Crippen molar-refractivity contribution in [1.82, 2.24) is 20.2 Å². The molecule has 49 heavy (non-hydrogen) atoms. The molecule has 4 heterocycles. The molecule has 3 saturated heterocycles. The number of hydrogen-bond acceptors (Lipinski definition) is 8. The van der Waals surface area contributed by atoms with E-state index < -0.39 is 5.82 Å². The largest absolute Gasteiger partial charge is 0.508 e. The molecule has 2 atom stereocenters. The number of piperazine rings is 1. The maximum Gasteiger partial charge on any atom is 0.318 e. The number of aromatic nitrogens is 2. The van der Waals surface area contributed by atoms with Crippen LogP contribution in [-0.2, 0) is 4.74 Å². The maximum atomic E-state index is 15.1. The number of fused-ring (bicyclic) bond motifs is 4. The summed E-state index contributed by atoms with van der Waals surface area (Å²) in [6.45, 7) is 10.5. The zero-order valence-corrected chi connectivity index (χ0v) is 28.4. The Labute approximate surface area is 287 Å². The number of hydrogen-bond donors (Lipinski definition) is 2. The highest BCUT2D eigenvalue weighted by Crippen LogP contribution is 2.49. The van der Waals surface area contributed by atoms with E-state index in [1.54, 1.807) is 18.2 Å². The number of ether oxygens (including phenoxy) is 2. The van der Waals surface area contributed by atoms with Gasteiger partial charge >= 0.3 is 6.01 Å². The summed E-state index contributed by atoms with van der Waals surface area (Å²) in [6.07, 6.45) is 12.8. The molecule has 9 heteroatoms. The minimum Gasteiger partial charge on any atom is -0.508 e. The molecule has 0 amide bonds. The number of phenolic OH excluding ortho intramolecular Hbond substituents is 1. The summed E-state index contributed by atoms with van der Waals surface area (Å²) in [5, 5.41) is 16.9. The van der Waals surface area contributed by atoms with Crippen molar-refractivity contribution in [2.45, 2.75) is 76.0 Å². The van der Waals surface area contributed by atoms with E-state index >= 15 is 4.39 Å². The number of anilines is 1. The second kappa shape index (κ2) is 11.5. The van der Waals surface area contributed by atoms with Crippen LogP contribution in [-0.4, -0.2) is 83.6 Å². The number of nitrogens with zero attached hydrogens (tertiary/aromatic N) is 4. The number of morpholine rings is 1. The second-order valence-electron chi connectivity index (χ2n) is 15.7. The summed E-state index contributed by atoms with van der Waals surface area (Å²) in [5.41, 5.74) is 3.77. The number of terminal acetylenes is 1. The summed E-state index contributed by atoms with van der Waals surface area (Å²) in [6, 6.07) is 11.9. The molecule has 4 aromatic rings. The summed E-state index contributed by atoms with van der Waals surface area (Å²) in [7, 11) is 0. The lowest BCUT2D eigenvalue weighted by Gasteiger charge is -2.35. The van der Waals surface area contributed by atoms with E-state index in [-0.39, 0.29) is 28.2 Å². The minimum absolute atomic E-state index is 0.0955. The van der Waals surface area contributed by atoms with Crippen molar-refractivity contribution >= 4 is 27.5 Å². The Balaban J connectivity index is 1.14. The first-order valence-electron chi connectivity index (χ1n) is 18.0. The molecule has 0 radical (unpaired) electrons. The standard InChI is InChI=1S/C40H44FN5O3/c1-4-29-34(41)8-5-25-15-28(47)16-32(36(25)29)31-18-35-33(17-30(31)24(2)3)37(46-19-26-6-7-27(20-46)42-26)44-38(43-35)48-23-39(9-10-39)21-45-13-14-49-40(22-45)11-12-40/h1,5,8,15-18,24,26-27,42,47H,6-7,9-14,19-23H2,2-3H3. The number of aromatic hydroxyl groups is 1. The van der Waals surface area contributed by atoms with Gasteiger partial charge in [-0.2, -0.15) is 9.97 Å². The van der Waals surface area contributed by atoms with Gasteiger partial charge in [0.1, 0.15) is 17.4 Å². The Morgan fingerprint density at radius 2 is 1.88 bits per heavy atom. The van der Waals surface area contributed by atoms with Gasteiger partial charge in [-0.3, -0.25) is 4.90 Å². The minimum atomic E-state index is -0.458. The lowest BCUT2D eigenvalue weighted by molar-refractivity contribution is -0.0532. The number of benzene rings is 3. The van der Waals surface area contributed by atoms with E-state index in [0.717, 1.165) is 80.0 Å². The third kappa shape index (κ3) is 5.68. The van der Waals surface area contributed by atoms with E-state index in [1.807, 2.05) is 0 Å². The van der Waals surface area contributed by atoms with Crippen molar-refractivity contribution in [3.63, 3.8) is 0 Å². The third-order valence-electron chi connectivity index (χ3n) is 11.6. The lowest BCUT2D eigenvalue weighted by Crippen LogP contribution is -2.51. The monoisotopic (exact) mass is 661 g/mol. The summed E-state index contributed by atoms with van der Waals surface area (Å²) in [5.74, 6) is 3.23. The average molecular weight is 662 g/mol. The van der Waals surface area contributed by atoms with Crippen LogP contribution in [0.2, 0.25) is 0 Å².